The minimum atomic E-state index is -2.25. The van der Waals surface area contributed by atoms with E-state index in [1.54, 1.807) is 11.8 Å². The Bertz CT molecular complexity index is 1140. The highest BCUT2D eigenvalue weighted by Gasteiger charge is 2.56. The molecule has 0 bridgehead atoms. The predicted molar refractivity (Wildman–Crippen MR) is 113 cm³/mol. The summed E-state index contributed by atoms with van der Waals surface area (Å²) in [4.78, 5) is 12.5. The van der Waals surface area contributed by atoms with Gasteiger partial charge >= 0.3 is 6.01 Å². The molecule has 6 nitrogen and oxygen atoms in total. The topological polar surface area (TPSA) is 50.7 Å². The standard InChI is InChI=1S/C23H27F3N4O2/c1-13-7-14(24)8-16-19(13)27-22(32-12-23-3-2-4-29(23)10-15(25)9-23)28-21(16)30-5-6-31-11-17-18(26)20(17)30/h7-8,15,17-18,20H,2-6,9-12H2,1H3/t15-,17+,18+,20+,23+/m1/s1/i12D2. The van der Waals surface area contributed by atoms with Gasteiger partial charge in [0.05, 0.1) is 33.1 Å². The van der Waals surface area contributed by atoms with Crippen LogP contribution in [0.1, 0.15) is 27.6 Å². The number of fused-ring (bicyclic) bond motifs is 3. The summed E-state index contributed by atoms with van der Waals surface area (Å²) in [5, 5.41) is 0.413. The number of aromatic nitrogens is 2. The quantitative estimate of drug-likeness (QED) is 0.713. The lowest BCUT2D eigenvalue weighted by Gasteiger charge is -2.31. The van der Waals surface area contributed by atoms with E-state index in [0.717, 1.165) is 6.42 Å². The van der Waals surface area contributed by atoms with E-state index in [-0.39, 0.29) is 24.9 Å². The number of rotatable bonds is 4. The van der Waals surface area contributed by atoms with Crippen molar-refractivity contribution in [3.8, 4) is 6.01 Å². The zero-order valence-corrected chi connectivity index (χ0v) is 17.9. The number of nitrogens with zero attached hydrogens (tertiary/aromatic N) is 4. The van der Waals surface area contributed by atoms with Crippen LogP contribution in [-0.4, -0.2) is 78.2 Å². The van der Waals surface area contributed by atoms with E-state index >= 15 is 0 Å². The lowest BCUT2D eigenvalue weighted by Crippen LogP contribution is -2.43. The molecule has 6 rings (SSSR count). The lowest BCUT2D eigenvalue weighted by atomic mass is 9.95. The maximum atomic E-state index is 14.5. The number of halogens is 3. The molecule has 0 radical (unpaired) electrons. The molecule has 1 aromatic carbocycles. The molecular weight excluding hydrogens is 421 g/mol. The van der Waals surface area contributed by atoms with Crippen molar-refractivity contribution in [3.05, 3.63) is 23.5 Å². The van der Waals surface area contributed by atoms with Crippen LogP contribution in [0.25, 0.3) is 10.9 Å². The zero-order chi connectivity index (χ0) is 23.8. The second kappa shape index (κ2) is 7.45. The van der Waals surface area contributed by atoms with Crippen LogP contribution >= 0.6 is 0 Å². The molecule has 3 saturated heterocycles. The van der Waals surface area contributed by atoms with Gasteiger partial charge in [0.25, 0.3) is 0 Å². The van der Waals surface area contributed by atoms with E-state index in [1.165, 1.54) is 12.1 Å². The van der Waals surface area contributed by atoms with Gasteiger partial charge in [-0.25, -0.2) is 13.2 Å². The molecule has 32 heavy (non-hydrogen) atoms. The van der Waals surface area contributed by atoms with Gasteiger partial charge in [0, 0.05) is 30.8 Å². The Kier molecular flexibility index (Phi) is 4.26. The Morgan fingerprint density at radius 3 is 3.06 bits per heavy atom. The molecule has 5 atom stereocenters. The van der Waals surface area contributed by atoms with Crippen molar-refractivity contribution in [2.45, 2.75) is 50.1 Å². The molecule has 4 aliphatic rings. The van der Waals surface area contributed by atoms with Crippen molar-refractivity contribution in [2.24, 2.45) is 5.92 Å². The molecule has 0 unspecified atom stereocenters. The van der Waals surface area contributed by atoms with Crippen LogP contribution in [-0.2, 0) is 4.74 Å². The van der Waals surface area contributed by atoms with Gasteiger partial charge in [0.15, 0.2) is 0 Å². The van der Waals surface area contributed by atoms with E-state index in [0.29, 0.717) is 55.0 Å². The van der Waals surface area contributed by atoms with Gasteiger partial charge in [-0.3, -0.25) is 4.90 Å². The van der Waals surface area contributed by atoms with Gasteiger partial charge in [-0.1, -0.05) is 0 Å². The van der Waals surface area contributed by atoms with E-state index in [9.17, 15) is 13.2 Å². The summed E-state index contributed by atoms with van der Waals surface area (Å²) in [6.45, 7) is 1.28. The van der Waals surface area contributed by atoms with Crippen LogP contribution in [0, 0.1) is 18.7 Å². The van der Waals surface area contributed by atoms with Gasteiger partial charge in [0.2, 0.25) is 0 Å². The Balaban J connectivity index is 1.44. The SMILES string of the molecule is [2H]C([2H])(Oc1nc(N2CCOC[C@H]3[C@H](F)[C@H]32)c2cc(F)cc(C)c2n1)[C@@]12CCCN1C[C@H](F)C2. The van der Waals surface area contributed by atoms with E-state index < -0.39 is 36.3 Å². The van der Waals surface area contributed by atoms with Crippen molar-refractivity contribution in [3.63, 3.8) is 0 Å². The number of anilines is 1. The van der Waals surface area contributed by atoms with Gasteiger partial charge in [-0.15, -0.1) is 0 Å². The van der Waals surface area contributed by atoms with Gasteiger partial charge in [-0.05, 0) is 44.0 Å². The van der Waals surface area contributed by atoms with E-state index in [1.807, 2.05) is 4.90 Å². The third kappa shape index (κ3) is 3.23. The van der Waals surface area contributed by atoms with Crippen molar-refractivity contribution in [1.82, 2.24) is 14.9 Å². The number of aryl methyl sites for hydroxylation is 1. The average molecular weight is 451 g/mol. The second-order valence-electron chi connectivity index (χ2n) is 9.40. The van der Waals surface area contributed by atoms with Crippen LogP contribution in [0.3, 0.4) is 0 Å². The van der Waals surface area contributed by atoms with Crippen molar-refractivity contribution in [2.75, 3.05) is 44.3 Å². The Hall–Kier alpha value is -2.13. The first-order valence-corrected chi connectivity index (χ1v) is 11.2. The molecule has 0 N–H and O–H groups in total. The average Bonchev–Trinajstić information content (AvgIpc) is 3.12. The zero-order valence-electron chi connectivity index (χ0n) is 19.9. The number of hydrogen-bond donors (Lipinski definition) is 0. The van der Waals surface area contributed by atoms with E-state index in [2.05, 4.69) is 9.97 Å². The maximum absolute atomic E-state index is 14.5. The highest BCUT2D eigenvalue weighted by molar-refractivity contribution is 5.92. The molecule has 1 aromatic heterocycles. The van der Waals surface area contributed by atoms with Crippen LogP contribution < -0.4 is 9.64 Å². The molecule has 9 heteroatoms. The largest absolute Gasteiger partial charge is 0.461 e. The molecule has 4 heterocycles. The van der Waals surface area contributed by atoms with Crippen molar-refractivity contribution >= 4 is 16.7 Å². The maximum Gasteiger partial charge on any atom is 0.319 e. The molecular formula is C23H27F3N4O2. The molecule has 172 valence electrons. The third-order valence-corrected chi connectivity index (χ3v) is 7.30. The van der Waals surface area contributed by atoms with Crippen LogP contribution in [0.4, 0.5) is 19.0 Å². The smallest absolute Gasteiger partial charge is 0.319 e. The predicted octanol–water partition coefficient (Wildman–Crippen LogP) is 3.21. The summed E-state index contributed by atoms with van der Waals surface area (Å²) in [6, 6.07) is 1.99. The fourth-order valence-corrected chi connectivity index (χ4v) is 5.68. The fourth-order valence-electron chi connectivity index (χ4n) is 5.68. The van der Waals surface area contributed by atoms with Crippen LogP contribution in [0.5, 0.6) is 6.01 Å². The van der Waals surface area contributed by atoms with Crippen LogP contribution in [0.2, 0.25) is 0 Å². The first-order chi connectivity index (χ1) is 16.2. The first-order valence-electron chi connectivity index (χ1n) is 12.2. The molecule has 0 spiro atoms. The molecule has 0 amide bonds. The summed E-state index contributed by atoms with van der Waals surface area (Å²) >= 11 is 0. The monoisotopic (exact) mass is 450 g/mol. The van der Waals surface area contributed by atoms with Crippen molar-refractivity contribution < 1.29 is 25.4 Å². The van der Waals surface area contributed by atoms with Crippen LogP contribution in [0.15, 0.2) is 12.1 Å². The Morgan fingerprint density at radius 1 is 1.31 bits per heavy atom. The fraction of sp³-hybridized carbons (Fsp3) is 0.652. The highest BCUT2D eigenvalue weighted by Crippen LogP contribution is 2.45. The van der Waals surface area contributed by atoms with Gasteiger partial charge < -0.3 is 14.4 Å². The number of benzene rings is 1. The Morgan fingerprint density at radius 2 is 2.19 bits per heavy atom. The third-order valence-electron chi connectivity index (χ3n) is 7.30. The molecule has 2 aromatic rings. The highest BCUT2D eigenvalue weighted by atomic mass is 19.1. The van der Waals surface area contributed by atoms with Gasteiger partial charge in [-0.2, -0.15) is 9.97 Å². The summed E-state index contributed by atoms with van der Waals surface area (Å²) in [7, 11) is 0. The summed E-state index contributed by atoms with van der Waals surface area (Å²) in [6.07, 6.45) is -0.931. The Labute approximate surface area is 187 Å². The summed E-state index contributed by atoms with van der Waals surface area (Å²) in [5.41, 5.74) is -0.152. The van der Waals surface area contributed by atoms with E-state index in [4.69, 9.17) is 12.2 Å². The minimum Gasteiger partial charge on any atom is -0.461 e. The molecule has 3 aliphatic heterocycles. The normalized spacial score (nSPS) is 35.8. The number of alkyl halides is 2. The molecule has 1 aliphatic carbocycles. The lowest BCUT2D eigenvalue weighted by molar-refractivity contribution is 0.107. The summed E-state index contributed by atoms with van der Waals surface area (Å²) in [5.74, 6) is -0.451. The van der Waals surface area contributed by atoms with Crippen molar-refractivity contribution in [1.29, 1.82) is 0 Å². The number of hydrogen-bond acceptors (Lipinski definition) is 6. The summed E-state index contributed by atoms with van der Waals surface area (Å²) < 4.78 is 72.2. The molecule has 4 fully saturated rings. The van der Waals surface area contributed by atoms with Gasteiger partial charge in [0.1, 0.15) is 30.5 Å². The second-order valence-corrected chi connectivity index (χ2v) is 9.40. The first kappa shape index (κ1) is 18.3. The molecule has 1 saturated carbocycles. The number of ether oxygens (including phenoxy) is 2. The minimum absolute atomic E-state index is 0.0431.